The standard InChI is InChI=1S/C25H56O6Si3/c1-11-32(12-2,13-3)29-22-21(20-26)28-25(27-10)24(31-34(17-7,18-8)19-9)23(22)30-33(14-4,15-5)16-6/h21-26H,11-20H2,1-10H3/t21-,22-,23+,24+,25?/m0/s1/i10TD/t10?,21-,22-,23+,24+,25?. The third-order valence-electron chi connectivity index (χ3n) is 8.86. The minimum atomic E-state index is -2.14. The summed E-state index contributed by atoms with van der Waals surface area (Å²) in [5, 5.41) is 10.5. The molecule has 1 saturated heterocycles. The summed E-state index contributed by atoms with van der Waals surface area (Å²) in [7, 11) is -7.89. The number of methoxy groups -OCH3 is 1. The van der Waals surface area contributed by atoms with Gasteiger partial charge in [0.05, 0.1) is 9.35 Å². The fourth-order valence-corrected chi connectivity index (χ4v) is 13.9. The predicted octanol–water partition coefficient (Wildman–Crippen LogP) is 6.52. The molecule has 0 spiro atoms. The molecule has 1 rings (SSSR count). The summed E-state index contributed by atoms with van der Waals surface area (Å²) in [6.45, 7) is 19.5. The van der Waals surface area contributed by atoms with Crippen molar-refractivity contribution in [3.8, 4) is 0 Å². The molecule has 204 valence electrons. The van der Waals surface area contributed by atoms with Crippen molar-refractivity contribution in [2.75, 3.05) is 13.7 Å². The molecule has 0 radical (unpaired) electrons. The highest BCUT2D eigenvalue weighted by Crippen LogP contribution is 2.39. The summed E-state index contributed by atoms with van der Waals surface area (Å²) in [6.07, 6.45) is -3.17. The molecule has 1 N–H and O–H groups in total. The van der Waals surface area contributed by atoms with E-state index in [0.717, 1.165) is 54.4 Å². The molecule has 0 aromatic heterocycles. The van der Waals surface area contributed by atoms with E-state index in [1.807, 2.05) is 0 Å². The summed E-state index contributed by atoms with van der Waals surface area (Å²) in [4.78, 5) is 0. The lowest BCUT2D eigenvalue weighted by atomic mass is 9.99. The lowest BCUT2D eigenvalue weighted by Crippen LogP contribution is -2.67. The van der Waals surface area contributed by atoms with Crippen LogP contribution in [0.1, 0.15) is 65.1 Å². The number of hydrogen-bond acceptors (Lipinski definition) is 6. The van der Waals surface area contributed by atoms with Crippen molar-refractivity contribution in [1.82, 2.24) is 0 Å². The van der Waals surface area contributed by atoms with E-state index in [9.17, 15) is 5.11 Å². The lowest BCUT2D eigenvalue weighted by Gasteiger charge is -2.52. The van der Waals surface area contributed by atoms with Crippen molar-refractivity contribution in [3.63, 3.8) is 0 Å². The minimum absolute atomic E-state index is 0.240. The molecule has 0 aromatic carbocycles. The SMILES string of the molecule is [2H]C([3H])OC1O[C@@H](CO)[C@H](O[Si](CC)(CC)CC)[C@@H](O[Si](CC)(CC)CC)[C@H]1O[Si](CC)(CC)CC. The molecule has 2 unspecified atom stereocenters. The summed E-state index contributed by atoms with van der Waals surface area (Å²) >= 11 is 0. The van der Waals surface area contributed by atoms with Gasteiger partial charge in [0.15, 0.2) is 31.2 Å². The van der Waals surface area contributed by atoms with Crippen molar-refractivity contribution in [2.24, 2.45) is 0 Å². The first-order chi connectivity index (χ1) is 17.1. The summed E-state index contributed by atoms with van der Waals surface area (Å²) in [6, 6.07) is 8.70. The van der Waals surface area contributed by atoms with Crippen LogP contribution in [0.15, 0.2) is 0 Å². The topological polar surface area (TPSA) is 66.4 Å². The smallest absolute Gasteiger partial charge is 0.192 e. The van der Waals surface area contributed by atoms with Crippen LogP contribution in [0, 0.1) is 0 Å². The van der Waals surface area contributed by atoms with E-state index in [-0.39, 0.29) is 6.61 Å². The molecule has 9 heteroatoms. The van der Waals surface area contributed by atoms with E-state index in [2.05, 4.69) is 62.3 Å². The molecule has 6 nitrogen and oxygen atoms in total. The van der Waals surface area contributed by atoms with Gasteiger partial charge >= 0.3 is 0 Å². The maximum atomic E-state index is 10.5. The second kappa shape index (κ2) is 15.0. The number of ether oxygens (including phenoxy) is 2. The Morgan fingerprint density at radius 1 is 0.676 bits per heavy atom. The summed E-state index contributed by atoms with van der Waals surface area (Å²) in [5.41, 5.74) is 0. The quantitative estimate of drug-likeness (QED) is 0.212. The monoisotopic (exact) mass is 539 g/mol. The average Bonchev–Trinajstić information content (AvgIpc) is 2.90. The van der Waals surface area contributed by atoms with Crippen LogP contribution >= 0.6 is 0 Å². The number of rotatable bonds is 17. The van der Waals surface area contributed by atoms with E-state index >= 15 is 0 Å². The molecule has 1 heterocycles. The number of aliphatic hydroxyl groups is 1. The van der Waals surface area contributed by atoms with Crippen molar-refractivity contribution in [2.45, 2.75) is 147 Å². The van der Waals surface area contributed by atoms with E-state index in [4.69, 9.17) is 25.5 Å². The largest absolute Gasteiger partial charge is 0.408 e. The number of hydrogen-bond donors (Lipinski definition) is 1. The molecule has 6 atom stereocenters. The fourth-order valence-electron chi connectivity index (χ4n) is 5.40. The van der Waals surface area contributed by atoms with Crippen molar-refractivity contribution in [3.05, 3.63) is 0 Å². The molecule has 0 bridgehead atoms. The third kappa shape index (κ3) is 7.25. The first kappa shape index (κ1) is 29.0. The number of aliphatic hydroxyl groups excluding tert-OH is 1. The Balaban J connectivity index is 3.74. The Morgan fingerprint density at radius 2 is 1.03 bits per heavy atom. The summed E-state index contributed by atoms with van der Waals surface area (Å²) < 4.78 is 49.0. The third-order valence-corrected chi connectivity index (χ3v) is 22.8. The van der Waals surface area contributed by atoms with Gasteiger partial charge in [-0.2, -0.15) is 0 Å². The van der Waals surface area contributed by atoms with Gasteiger partial charge in [-0.15, -0.1) is 0 Å². The van der Waals surface area contributed by atoms with Crippen molar-refractivity contribution < 1.29 is 30.6 Å². The van der Waals surface area contributed by atoms with Crippen LogP contribution in [0.3, 0.4) is 0 Å². The maximum absolute atomic E-state index is 10.5. The van der Waals surface area contributed by atoms with Crippen LogP contribution in [0.2, 0.25) is 54.4 Å². The highest BCUT2D eigenvalue weighted by Gasteiger charge is 2.54. The van der Waals surface area contributed by atoms with Gasteiger partial charge in [-0.1, -0.05) is 62.3 Å². The minimum Gasteiger partial charge on any atom is -0.408 e. The first-order valence-electron chi connectivity index (χ1n) is 15.0. The Bertz CT molecular complexity index is 582. The average molecular weight is 540 g/mol. The zero-order valence-electron chi connectivity index (χ0n) is 25.5. The molecular weight excluding hydrogens is 481 g/mol. The van der Waals surface area contributed by atoms with E-state index in [1.54, 1.807) is 0 Å². The molecule has 0 aliphatic carbocycles. The van der Waals surface area contributed by atoms with Gasteiger partial charge in [-0.05, 0) is 54.4 Å². The normalized spacial score (nSPS) is 28.5. The molecule has 34 heavy (non-hydrogen) atoms. The highest BCUT2D eigenvalue weighted by molar-refractivity contribution is 6.74. The summed E-state index contributed by atoms with van der Waals surface area (Å²) in [5.74, 6) is 0. The van der Waals surface area contributed by atoms with Crippen LogP contribution in [0.5, 0.6) is 0 Å². The Morgan fingerprint density at radius 3 is 1.35 bits per heavy atom. The van der Waals surface area contributed by atoms with Crippen LogP contribution in [0.4, 0.5) is 0 Å². The second-order valence-electron chi connectivity index (χ2n) is 9.84. The van der Waals surface area contributed by atoms with E-state index in [0.29, 0.717) is 0 Å². The Kier molecular flexibility index (Phi) is 12.8. The molecule has 1 fully saturated rings. The van der Waals surface area contributed by atoms with Crippen LogP contribution in [-0.4, -0.2) is 74.4 Å². The molecular formula is C25H56O6Si3. The molecule has 0 aromatic rings. The Hall–Kier alpha value is 0.411. The van der Waals surface area contributed by atoms with Crippen LogP contribution in [-0.2, 0) is 22.8 Å². The second-order valence-corrected chi connectivity index (χ2v) is 24.0. The lowest BCUT2D eigenvalue weighted by molar-refractivity contribution is -0.285. The maximum Gasteiger partial charge on any atom is 0.192 e. The van der Waals surface area contributed by atoms with Crippen LogP contribution < -0.4 is 0 Å². The van der Waals surface area contributed by atoms with Gasteiger partial charge in [-0.3, -0.25) is 0 Å². The van der Waals surface area contributed by atoms with Crippen molar-refractivity contribution >= 4 is 25.0 Å². The Labute approximate surface area is 216 Å². The zero-order valence-corrected chi connectivity index (χ0v) is 26.5. The highest BCUT2D eigenvalue weighted by atomic mass is 28.4. The molecule has 0 amide bonds. The van der Waals surface area contributed by atoms with E-state index in [1.165, 1.54) is 0 Å². The van der Waals surface area contributed by atoms with Gasteiger partial charge < -0.3 is 27.9 Å². The zero-order chi connectivity index (χ0) is 27.6. The van der Waals surface area contributed by atoms with Gasteiger partial charge in [0.1, 0.15) is 24.4 Å². The van der Waals surface area contributed by atoms with E-state index < -0.39 is 62.7 Å². The first-order valence-corrected chi connectivity index (χ1v) is 21.5. The van der Waals surface area contributed by atoms with Gasteiger partial charge in [-0.25, -0.2) is 0 Å². The van der Waals surface area contributed by atoms with Crippen molar-refractivity contribution in [1.29, 1.82) is 0 Å². The van der Waals surface area contributed by atoms with Crippen LogP contribution in [0.25, 0.3) is 0 Å². The molecule has 0 saturated carbocycles. The van der Waals surface area contributed by atoms with Gasteiger partial charge in [0.25, 0.3) is 0 Å². The van der Waals surface area contributed by atoms with Gasteiger partial charge in [0, 0.05) is 7.06 Å². The molecule has 1 aliphatic heterocycles. The predicted molar refractivity (Wildman–Crippen MR) is 149 cm³/mol. The van der Waals surface area contributed by atoms with Gasteiger partial charge in [0.2, 0.25) is 0 Å². The molecule has 1 aliphatic rings. The fraction of sp³-hybridized carbons (Fsp3) is 1.00.